The van der Waals surface area contributed by atoms with Crippen molar-refractivity contribution in [3.8, 4) is 0 Å². The summed E-state index contributed by atoms with van der Waals surface area (Å²) in [5, 5.41) is 7.19. The van der Waals surface area contributed by atoms with Crippen LogP contribution in [0.3, 0.4) is 0 Å². The Kier molecular flexibility index (Phi) is 1.99. The molecule has 5 nitrogen and oxygen atoms in total. The zero-order valence-corrected chi connectivity index (χ0v) is 7.90. The molecule has 14 heavy (non-hydrogen) atoms. The second-order valence-corrected chi connectivity index (χ2v) is 3.83. The summed E-state index contributed by atoms with van der Waals surface area (Å²) in [6, 6.07) is 0. The lowest BCUT2D eigenvalue weighted by Crippen LogP contribution is -2.33. The van der Waals surface area contributed by atoms with Crippen LogP contribution in [0.4, 0.5) is 0 Å². The first kappa shape index (κ1) is 8.38. The SMILES string of the molecule is C1COC(c2nc(C3CC3)no2)CN1. The first-order valence-corrected chi connectivity index (χ1v) is 5.09. The maximum absolute atomic E-state index is 5.52. The molecule has 0 amide bonds. The Labute approximate surface area is 81.8 Å². The molecule has 1 aromatic heterocycles. The minimum atomic E-state index is -0.0521. The van der Waals surface area contributed by atoms with Crippen LogP contribution in [0.15, 0.2) is 4.52 Å². The number of ether oxygens (including phenoxy) is 1. The molecule has 5 heteroatoms. The highest BCUT2D eigenvalue weighted by Gasteiger charge is 2.30. The van der Waals surface area contributed by atoms with Crippen molar-refractivity contribution < 1.29 is 9.26 Å². The maximum Gasteiger partial charge on any atom is 0.257 e. The third-order valence-electron chi connectivity index (χ3n) is 2.60. The van der Waals surface area contributed by atoms with Gasteiger partial charge in [0.1, 0.15) is 6.10 Å². The number of nitrogens with one attached hydrogen (secondary N) is 1. The van der Waals surface area contributed by atoms with E-state index in [9.17, 15) is 0 Å². The van der Waals surface area contributed by atoms with Gasteiger partial charge in [-0.3, -0.25) is 0 Å². The summed E-state index contributed by atoms with van der Waals surface area (Å²) in [4.78, 5) is 4.35. The number of nitrogens with zero attached hydrogens (tertiary/aromatic N) is 2. The quantitative estimate of drug-likeness (QED) is 0.749. The molecule has 1 atom stereocenters. The predicted molar refractivity (Wildman–Crippen MR) is 47.8 cm³/mol. The third-order valence-corrected chi connectivity index (χ3v) is 2.60. The summed E-state index contributed by atoms with van der Waals surface area (Å²) in [5.41, 5.74) is 0. The van der Waals surface area contributed by atoms with Crippen LogP contribution in [0, 0.1) is 0 Å². The van der Waals surface area contributed by atoms with Crippen molar-refractivity contribution >= 4 is 0 Å². The minimum Gasteiger partial charge on any atom is -0.366 e. The standard InChI is InChI=1S/C9H13N3O2/c1-2-6(1)8-11-9(14-12-8)7-5-10-3-4-13-7/h6-7,10H,1-5H2. The first-order valence-electron chi connectivity index (χ1n) is 5.09. The first-order chi connectivity index (χ1) is 6.93. The van der Waals surface area contributed by atoms with E-state index in [1.807, 2.05) is 0 Å². The Morgan fingerprint density at radius 2 is 2.29 bits per heavy atom. The lowest BCUT2D eigenvalue weighted by Gasteiger charge is -2.19. The summed E-state index contributed by atoms with van der Waals surface area (Å²) in [6.45, 7) is 2.39. The fraction of sp³-hybridized carbons (Fsp3) is 0.778. The molecule has 1 unspecified atom stereocenters. The summed E-state index contributed by atoms with van der Waals surface area (Å²) in [7, 11) is 0. The zero-order valence-electron chi connectivity index (χ0n) is 7.90. The van der Waals surface area contributed by atoms with Crippen LogP contribution in [-0.2, 0) is 4.74 Å². The van der Waals surface area contributed by atoms with E-state index in [-0.39, 0.29) is 6.10 Å². The van der Waals surface area contributed by atoms with Crippen molar-refractivity contribution in [1.29, 1.82) is 0 Å². The topological polar surface area (TPSA) is 60.2 Å². The highest BCUT2D eigenvalue weighted by Crippen LogP contribution is 2.38. The van der Waals surface area contributed by atoms with Crippen molar-refractivity contribution in [2.45, 2.75) is 24.9 Å². The van der Waals surface area contributed by atoms with Crippen LogP contribution in [0.1, 0.15) is 36.6 Å². The van der Waals surface area contributed by atoms with E-state index < -0.39 is 0 Å². The molecule has 1 saturated heterocycles. The molecule has 76 valence electrons. The Balaban J connectivity index is 1.74. The van der Waals surface area contributed by atoms with Gasteiger partial charge in [-0.2, -0.15) is 4.98 Å². The van der Waals surface area contributed by atoms with Gasteiger partial charge in [-0.05, 0) is 12.8 Å². The monoisotopic (exact) mass is 195 g/mol. The van der Waals surface area contributed by atoms with E-state index in [0.29, 0.717) is 18.4 Å². The van der Waals surface area contributed by atoms with Gasteiger partial charge in [0.25, 0.3) is 5.89 Å². The second-order valence-electron chi connectivity index (χ2n) is 3.83. The van der Waals surface area contributed by atoms with Gasteiger partial charge < -0.3 is 14.6 Å². The van der Waals surface area contributed by atoms with Crippen LogP contribution >= 0.6 is 0 Å². The van der Waals surface area contributed by atoms with E-state index in [2.05, 4.69) is 15.5 Å². The van der Waals surface area contributed by atoms with Crippen molar-refractivity contribution in [3.63, 3.8) is 0 Å². The minimum absolute atomic E-state index is 0.0521. The third kappa shape index (κ3) is 1.53. The summed E-state index contributed by atoms with van der Waals surface area (Å²) < 4.78 is 10.7. The molecule has 2 fully saturated rings. The van der Waals surface area contributed by atoms with Gasteiger partial charge in [0, 0.05) is 19.0 Å². The smallest absolute Gasteiger partial charge is 0.257 e. The second kappa shape index (κ2) is 3.33. The molecule has 1 saturated carbocycles. The van der Waals surface area contributed by atoms with Gasteiger partial charge >= 0.3 is 0 Å². The van der Waals surface area contributed by atoms with Crippen molar-refractivity contribution in [2.75, 3.05) is 19.7 Å². The van der Waals surface area contributed by atoms with E-state index in [1.165, 1.54) is 12.8 Å². The number of aromatic nitrogens is 2. The van der Waals surface area contributed by atoms with Gasteiger partial charge in [0.15, 0.2) is 5.82 Å². The Bertz CT molecular complexity index is 316. The lowest BCUT2D eigenvalue weighted by molar-refractivity contribution is 0.00755. The highest BCUT2D eigenvalue weighted by molar-refractivity contribution is 5.04. The average Bonchev–Trinajstić information content (AvgIpc) is 2.98. The number of morpholine rings is 1. The lowest BCUT2D eigenvalue weighted by atomic mass is 10.3. The highest BCUT2D eigenvalue weighted by atomic mass is 16.5. The largest absolute Gasteiger partial charge is 0.366 e. The molecular weight excluding hydrogens is 182 g/mol. The molecule has 1 N–H and O–H groups in total. The van der Waals surface area contributed by atoms with Gasteiger partial charge in [-0.25, -0.2) is 0 Å². The van der Waals surface area contributed by atoms with E-state index in [1.54, 1.807) is 0 Å². The van der Waals surface area contributed by atoms with Crippen LogP contribution in [0.25, 0.3) is 0 Å². The van der Waals surface area contributed by atoms with Crippen LogP contribution in [0.5, 0.6) is 0 Å². The Hall–Kier alpha value is -0.940. The van der Waals surface area contributed by atoms with Crippen LogP contribution < -0.4 is 5.32 Å². The number of hydrogen-bond donors (Lipinski definition) is 1. The van der Waals surface area contributed by atoms with E-state index >= 15 is 0 Å². The van der Waals surface area contributed by atoms with Crippen molar-refractivity contribution in [2.24, 2.45) is 0 Å². The molecule has 0 spiro atoms. The molecule has 1 aromatic rings. The molecule has 2 heterocycles. The summed E-state index contributed by atoms with van der Waals surface area (Å²) >= 11 is 0. The Morgan fingerprint density at radius 3 is 3.00 bits per heavy atom. The van der Waals surface area contributed by atoms with E-state index in [4.69, 9.17) is 9.26 Å². The summed E-state index contributed by atoms with van der Waals surface area (Å²) in [5.74, 6) is 2.03. The van der Waals surface area contributed by atoms with Crippen LogP contribution in [-0.4, -0.2) is 29.8 Å². The molecule has 0 radical (unpaired) electrons. The fourth-order valence-corrected chi connectivity index (χ4v) is 1.61. The number of hydrogen-bond acceptors (Lipinski definition) is 5. The zero-order chi connectivity index (χ0) is 9.38. The predicted octanol–water partition coefficient (Wildman–Crippen LogP) is 0.608. The molecule has 1 aliphatic carbocycles. The fourth-order valence-electron chi connectivity index (χ4n) is 1.61. The molecule has 1 aliphatic heterocycles. The summed E-state index contributed by atoms with van der Waals surface area (Å²) in [6.07, 6.45) is 2.34. The van der Waals surface area contributed by atoms with Crippen molar-refractivity contribution in [3.05, 3.63) is 11.7 Å². The van der Waals surface area contributed by atoms with E-state index in [0.717, 1.165) is 18.9 Å². The van der Waals surface area contributed by atoms with Gasteiger partial charge in [0.05, 0.1) is 6.61 Å². The average molecular weight is 195 g/mol. The normalized spacial score (nSPS) is 27.9. The van der Waals surface area contributed by atoms with Crippen LogP contribution in [0.2, 0.25) is 0 Å². The van der Waals surface area contributed by atoms with Crippen molar-refractivity contribution in [1.82, 2.24) is 15.5 Å². The maximum atomic E-state index is 5.52. The molecule has 0 aromatic carbocycles. The number of rotatable bonds is 2. The van der Waals surface area contributed by atoms with Gasteiger partial charge in [-0.1, -0.05) is 5.16 Å². The Morgan fingerprint density at radius 1 is 1.36 bits per heavy atom. The molecular formula is C9H13N3O2. The molecule has 2 aliphatic rings. The van der Waals surface area contributed by atoms with Gasteiger partial charge in [0.2, 0.25) is 0 Å². The molecule has 3 rings (SSSR count). The molecule has 0 bridgehead atoms. The van der Waals surface area contributed by atoms with Gasteiger partial charge in [-0.15, -0.1) is 0 Å².